The molecule has 0 aliphatic heterocycles. The van der Waals surface area contributed by atoms with Crippen LogP contribution in [0.4, 0.5) is 5.82 Å². The van der Waals surface area contributed by atoms with Crippen molar-refractivity contribution in [1.29, 1.82) is 0 Å². The number of rotatable bonds is 3. The SMILES string of the molecule is Cc1cccnc1NC(=O)C(=O)NC(C)C1CC2CCC1C2. The number of carbonyl (C=O) groups excluding carboxylic acids is 2. The number of hydrogen-bond acceptors (Lipinski definition) is 3. The highest BCUT2D eigenvalue weighted by Gasteiger charge is 2.42. The van der Waals surface area contributed by atoms with Gasteiger partial charge in [-0.1, -0.05) is 12.5 Å². The molecule has 3 rings (SSSR count). The summed E-state index contributed by atoms with van der Waals surface area (Å²) in [6.45, 7) is 3.86. The minimum atomic E-state index is -0.642. The molecule has 0 aromatic carbocycles. The molecule has 1 aromatic heterocycles. The summed E-state index contributed by atoms with van der Waals surface area (Å²) >= 11 is 0. The zero-order valence-electron chi connectivity index (χ0n) is 13.1. The molecule has 1 heterocycles. The topological polar surface area (TPSA) is 71.1 Å². The van der Waals surface area contributed by atoms with Crippen LogP contribution in [0.25, 0.3) is 0 Å². The van der Waals surface area contributed by atoms with Crippen molar-refractivity contribution < 1.29 is 9.59 Å². The molecule has 5 nitrogen and oxygen atoms in total. The third-order valence-corrected chi connectivity index (χ3v) is 5.24. The lowest BCUT2D eigenvalue weighted by Crippen LogP contribution is -2.45. The first-order valence-electron chi connectivity index (χ1n) is 8.08. The van der Waals surface area contributed by atoms with Gasteiger partial charge < -0.3 is 10.6 Å². The van der Waals surface area contributed by atoms with E-state index in [1.54, 1.807) is 12.3 Å². The number of nitrogens with zero attached hydrogens (tertiary/aromatic N) is 1. The molecule has 2 amide bonds. The highest BCUT2D eigenvalue weighted by atomic mass is 16.2. The number of pyridine rings is 1. The van der Waals surface area contributed by atoms with Gasteiger partial charge in [0.15, 0.2) is 0 Å². The van der Waals surface area contributed by atoms with Gasteiger partial charge in [-0.15, -0.1) is 0 Å². The fourth-order valence-corrected chi connectivity index (χ4v) is 4.07. The van der Waals surface area contributed by atoms with Crippen LogP contribution >= 0.6 is 0 Å². The number of amides is 2. The molecule has 2 N–H and O–H groups in total. The lowest BCUT2D eigenvalue weighted by molar-refractivity contribution is -0.136. The van der Waals surface area contributed by atoms with E-state index in [2.05, 4.69) is 15.6 Å². The Morgan fingerprint density at radius 2 is 2.09 bits per heavy atom. The number of aromatic nitrogens is 1. The summed E-state index contributed by atoms with van der Waals surface area (Å²) in [5, 5.41) is 5.45. The molecule has 0 spiro atoms. The van der Waals surface area contributed by atoms with Gasteiger partial charge in [-0.05, 0) is 62.5 Å². The third-order valence-electron chi connectivity index (χ3n) is 5.24. The maximum atomic E-state index is 12.1. The molecule has 4 atom stereocenters. The van der Waals surface area contributed by atoms with Gasteiger partial charge in [0.2, 0.25) is 0 Å². The third kappa shape index (κ3) is 2.98. The molecule has 4 unspecified atom stereocenters. The second kappa shape index (κ2) is 6.07. The smallest absolute Gasteiger partial charge is 0.314 e. The second-order valence-electron chi connectivity index (χ2n) is 6.72. The molecule has 2 saturated carbocycles. The Balaban J connectivity index is 1.55. The maximum absolute atomic E-state index is 12.1. The maximum Gasteiger partial charge on any atom is 0.314 e. The first kappa shape index (κ1) is 15.0. The van der Waals surface area contributed by atoms with Crippen molar-refractivity contribution in [3.8, 4) is 0 Å². The molecule has 2 aliphatic rings. The van der Waals surface area contributed by atoms with Crippen LogP contribution in [0, 0.1) is 24.7 Å². The van der Waals surface area contributed by atoms with Crippen molar-refractivity contribution in [2.24, 2.45) is 17.8 Å². The summed E-state index contributed by atoms with van der Waals surface area (Å²) in [7, 11) is 0. The lowest BCUT2D eigenvalue weighted by atomic mass is 9.84. The molecule has 5 heteroatoms. The van der Waals surface area contributed by atoms with E-state index in [1.807, 2.05) is 19.9 Å². The van der Waals surface area contributed by atoms with Gasteiger partial charge in [0.05, 0.1) is 0 Å². The molecule has 1 aromatic rings. The Kier molecular flexibility index (Phi) is 4.14. The molecule has 2 fully saturated rings. The van der Waals surface area contributed by atoms with Gasteiger partial charge in [0.1, 0.15) is 5.82 Å². The van der Waals surface area contributed by atoms with Crippen LogP contribution in [-0.2, 0) is 9.59 Å². The van der Waals surface area contributed by atoms with Crippen LogP contribution in [0.1, 0.15) is 38.2 Å². The van der Waals surface area contributed by atoms with Crippen LogP contribution in [0.5, 0.6) is 0 Å². The standard InChI is InChI=1S/C17H23N3O2/c1-10-4-3-7-18-15(10)20-17(22)16(21)19-11(2)14-9-12-5-6-13(14)8-12/h3-4,7,11-14H,5-6,8-9H2,1-2H3,(H,19,21)(H,18,20,22). The molecule has 22 heavy (non-hydrogen) atoms. The fraction of sp³-hybridized carbons (Fsp3) is 0.588. The largest absolute Gasteiger partial charge is 0.345 e. The van der Waals surface area contributed by atoms with Gasteiger partial charge in [-0.25, -0.2) is 4.98 Å². The fourth-order valence-electron chi connectivity index (χ4n) is 4.07. The van der Waals surface area contributed by atoms with Crippen molar-refractivity contribution >= 4 is 17.6 Å². The number of fused-ring (bicyclic) bond motifs is 2. The Morgan fingerprint density at radius 3 is 2.73 bits per heavy atom. The Morgan fingerprint density at radius 1 is 1.27 bits per heavy atom. The van der Waals surface area contributed by atoms with E-state index in [4.69, 9.17) is 0 Å². The summed E-state index contributed by atoms with van der Waals surface area (Å²) in [5.74, 6) is 1.31. The summed E-state index contributed by atoms with van der Waals surface area (Å²) in [5.41, 5.74) is 0.838. The molecular formula is C17H23N3O2. The quantitative estimate of drug-likeness (QED) is 0.841. The van der Waals surface area contributed by atoms with Gasteiger partial charge in [-0.3, -0.25) is 9.59 Å². The number of nitrogens with one attached hydrogen (secondary N) is 2. The van der Waals surface area contributed by atoms with Crippen molar-refractivity contribution in [2.45, 2.75) is 45.6 Å². The van der Waals surface area contributed by atoms with Crippen LogP contribution in [0.15, 0.2) is 18.3 Å². The van der Waals surface area contributed by atoms with E-state index in [9.17, 15) is 9.59 Å². The van der Waals surface area contributed by atoms with Gasteiger partial charge >= 0.3 is 11.8 Å². The predicted octanol–water partition coefficient (Wildman–Crippen LogP) is 2.27. The van der Waals surface area contributed by atoms with E-state index in [-0.39, 0.29) is 6.04 Å². The molecule has 2 aliphatic carbocycles. The van der Waals surface area contributed by atoms with E-state index < -0.39 is 11.8 Å². The van der Waals surface area contributed by atoms with E-state index in [0.717, 1.165) is 17.4 Å². The summed E-state index contributed by atoms with van der Waals surface area (Å²) in [6.07, 6.45) is 6.69. The average Bonchev–Trinajstić information content (AvgIpc) is 3.12. The van der Waals surface area contributed by atoms with E-state index >= 15 is 0 Å². The Hall–Kier alpha value is -1.91. The van der Waals surface area contributed by atoms with E-state index in [1.165, 1.54) is 25.7 Å². The van der Waals surface area contributed by atoms with Crippen molar-refractivity contribution in [1.82, 2.24) is 10.3 Å². The van der Waals surface area contributed by atoms with Gasteiger partial charge in [0, 0.05) is 12.2 Å². The van der Waals surface area contributed by atoms with E-state index in [0.29, 0.717) is 11.7 Å². The zero-order chi connectivity index (χ0) is 15.7. The van der Waals surface area contributed by atoms with Crippen molar-refractivity contribution in [3.63, 3.8) is 0 Å². The normalized spacial score (nSPS) is 27.5. The van der Waals surface area contributed by atoms with Gasteiger partial charge in [0.25, 0.3) is 0 Å². The summed E-state index contributed by atoms with van der Waals surface area (Å²) in [4.78, 5) is 28.2. The first-order valence-corrected chi connectivity index (χ1v) is 8.08. The highest BCUT2D eigenvalue weighted by Crippen LogP contribution is 2.49. The van der Waals surface area contributed by atoms with Crippen LogP contribution in [-0.4, -0.2) is 22.8 Å². The minimum absolute atomic E-state index is 0.0541. The zero-order valence-corrected chi connectivity index (χ0v) is 13.1. The number of hydrogen-bond donors (Lipinski definition) is 2. The molecular weight excluding hydrogens is 278 g/mol. The van der Waals surface area contributed by atoms with Gasteiger partial charge in [-0.2, -0.15) is 0 Å². The summed E-state index contributed by atoms with van der Waals surface area (Å²) in [6, 6.07) is 3.69. The molecule has 0 radical (unpaired) electrons. The number of carbonyl (C=O) groups is 2. The highest BCUT2D eigenvalue weighted by molar-refractivity contribution is 6.39. The van der Waals surface area contributed by atoms with Crippen molar-refractivity contribution in [3.05, 3.63) is 23.9 Å². The number of aryl methyl sites for hydroxylation is 1. The monoisotopic (exact) mass is 301 g/mol. The molecule has 118 valence electrons. The Labute approximate surface area is 130 Å². The second-order valence-corrected chi connectivity index (χ2v) is 6.72. The first-order chi connectivity index (χ1) is 10.5. The average molecular weight is 301 g/mol. The van der Waals surface area contributed by atoms with Crippen LogP contribution < -0.4 is 10.6 Å². The summed E-state index contributed by atoms with van der Waals surface area (Å²) < 4.78 is 0. The molecule has 2 bridgehead atoms. The van der Waals surface area contributed by atoms with Crippen LogP contribution in [0.2, 0.25) is 0 Å². The number of anilines is 1. The Bertz CT molecular complexity index is 587. The predicted molar refractivity (Wildman–Crippen MR) is 84.1 cm³/mol. The molecule has 0 saturated heterocycles. The minimum Gasteiger partial charge on any atom is -0.345 e. The lowest BCUT2D eigenvalue weighted by Gasteiger charge is -2.28. The van der Waals surface area contributed by atoms with Crippen LogP contribution in [0.3, 0.4) is 0 Å². The van der Waals surface area contributed by atoms with Crippen molar-refractivity contribution in [2.75, 3.05) is 5.32 Å².